The molecule has 0 radical (unpaired) electrons. The Balaban J connectivity index is 1.50. The topological polar surface area (TPSA) is 71.1 Å². The van der Waals surface area contributed by atoms with Gasteiger partial charge in [-0.3, -0.25) is 9.59 Å². The number of nitrogens with one attached hydrogen (secondary N) is 2. The molecule has 37 heavy (non-hydrogen) atoms. The zero-order valence-electron chi connectivity index (χ0n) is 21.0. The number of nitrogens with zero attached hydrogens (tertiary/aromatic N) is 1. The third-order valence-electron chi connectivity index (χ3n) is 6.09. The number of carbonyl (C=O) groups is 2. The maximum Gasteiger partial charge on any atom is 0.251 e. The first-order chi connectivity index (χ1) is 17.9. The molecule has 4 rings (SSSR count). The van der Waals surface area contributed by atoms with Gasteiger partial charge in [0.2, 0.25) is 5.91 Å². The van der Waals surface area contributed by atoms with Crippen LogP contribution in [0.25, 0.3) is 23.1 Å². The molecule has 6 heteroatoms. The van der Waals surface area contributed by atoms with Gasteiger partial charge in [0.05, 0.1) is 17.3 Å². The zero-order valence-corrected chi connectivity index (χ0v) is 21.8. The monoisotopic (exact) mass is 511 g/mol. The minimum atomic E-state index is -0.274. The molecule has 0 fully saturated rings. The van der Waals surface area contributed by atoms with E-state index in [1.807, 2.05) is 79.7 Å². The van der Waals surface area contributed by atoms with Crippen LogP contribution in [0, 0.1) is 0 Å². The van der Waals surface area contributed by atoms with Crippen LogP contribution in [-0.2, 0) is 11.2 Å². The van der Waals surface area contributed by atoms with Gasteiger partial charge in [0, 0.05) is 29.4 Å². The van der Waals surface area contributed by atoms with E-state index in [1.54, 1.807) is 6.07 Å². The fourth-order valence-electron chi connectivity index (χ4n) is 4.36. The lowest BCUT2D eigenvalue weighted by molar-refractivity contribution is -0.119. The van der Waals surface area contributed by atoms with Crippen LogP contribution in [0.5, 0.6) is 0 Å². The molecule has 0 saturated carbocycles. The van der Waals surface area contributed by atoms with Crippen LogP contribution in [0.15, 0.2) is 78.9 Å². The summed E-state index contributed by atoms with van der Waals surface area (Å²) in [5, 5.41) is 7.61. The summed E-state index contributed by atoms with van der Waals surface area (Å²) >= 11 is 6.12. The number of amides is 2. The van der Waals surface area contributed by atoms with Crippen LogP contribution in [0.3, 0.4) is 0 Å². The quantitative estimate of drug-likeness (QED) is 0.265. The van der Waals surface area contributed by atoms with Gasteiger partial charge < -0.3 is 10.6 Å². The first-order valence-corrected chi connectivity index (χ1v) is 12.8. The molecule has 0 saturated heterocycles. The molecule has 1 aromatic heterocycles. The first kappa shape index (κ1) is 26.1. The summed E-state index contributed by atoms with van der Waals surface area (Å²) in [5.41, 5.74) is 5.33. The maximum absolute atomic E-state index is 12.6. The van der Waals surface area contributed by atoms with Crippen molar-refractivity contribution in [2.24, 2.45) is 0 Å². The molecule has 5 nitrogen and oxygen atoms in total. The number of hydrogen-bond acceptors (Lipinski definition) is 3. The summed E-state index contributed by atoms with van der Waals surface area (Å²) in [6.07, 6.45) is 5.43. The highest BCUT2D eigenvalue weighted by atomic mass is 35.5. The Morgan fingerprint density at radius 2 is 1.78 bits per heavy atom. The molecule has 188 valence electrons. The number of halogens is 1. The van der Waals surface area contributed by atoms with Gasteiger partial charge in [-0.05, 0) is 66.8 Å². The number of carbonyl (C=O) groups excluding carboxylic acids is 2. The van der Waals surface area contributed by atoms with E-state index in [-0.39, 0.29) is 17.9 Å². The van der Waals surface area contributed by atoms with Gasteiger partial charge in [-0.2, -0.15) is 0 Å². The molecule has 0 aliphatic carbocycles. The van der Waals surface area contributed by atoms with Crippen molar-refractivity contribution in [2.75, 3.05) is 6.54 Å². The summed E-state index contributed by atoms with van der Waals surface area (Å²) in [7, 11) is 0. The van der Waals surface area contributed by atoms with Crippen molar-refractivity contribution < 1.29 is 9.59 Å². The van der Waals surface area contributed by atoms with Crippen molar-refractivity contribution in [3.8, 4) is 0 Å². The molecule has 0 spiro atoms. The number of fused-ring (bicyclic) bond motifs is 1. The number of aromatic nitrogens is 1. The molecule has 0 aliphatic rings. The van der Waals surface area contributed by atoms with Crippen LogP contribution >= 0.6 is 11.6 Å². The molecule has 1 heterocycles. The smallest absolute Gasteiger partial charge is 0.251 e. The van der Waals surface area contributed by atoms with Gasteiger partial charge in [-0.15, -0.1) is 0 Å². The van der Waals surface area contributed by atoms with E-state index >= 15 is 0 Å². The molecule has 0 bridgehead atoms. The van der Waals surface area contributed by atoms with Crippen LogP contribution < -0.4 is 10.6 Å². The molecule has 1 atom stereocenters. The fourth-order valence-corrected chi connectivity index (χ4v) is 4.52. The Hall–Kier alpha value is -3.96. The molecule has 4 aromatic rings. The van der Waals surface area contributed by atoms with Crippen LogP contribution in [0.4, 0.5) is 0 Å². The van der Waals surface area contributed by atoms with Gasteiger partial charge in [-0.25, -0.2) is 4.98 Å². The highest BCUT2D eigenvalue weighted by molar-refractivity contribution is 6.31. The summed E-state index contributed by atoms with van der Waals surface area (Å²) < 4.78 is 0. The average Bonchev–Trinajstić information content (AvgIpc) is 2.90. The second kappa shape index (κ2) is 12.3. The van der Waals surface area contributed by atoms with E-state index < -0.39 is 0 Å². The fraction of sp³-hybridized carbons (Fsp3) is 0.194. The molecular formula is C31H30ClN3O2. The zero-order chi connectivity index (χ0) is 26.2. The van der Waals surface area contributed by atoms with E-state index in [0.717, 1.165) is 39.7 Å². The van der Waals surface area contributed by atoms with Gasteiger partial charge in [0.15, 0.2) is 0 Å². The predicted molar refractivity (Wildman–Crippen MR) is 151 cm³/mol. The van der Waals surface area contributed by atoms with Crippen molar-refractivity contribution >= 4 is 46.5 Å². The van der Waals surface area contributed by atoms with E-state index in [4.69, 9.17) is 11.6 Å². The van der Waals surface area contributed by atoms with E-state index in [9.17, 15) is 9.59 Å². The molecule has 1 unspecified atom stereocenters. The summed E-state index contributed by atoms with van der Waals surface area (Å²) in [4.78, 5) is 29.3. The van der Waals surface area contributed by atoms with Crippen molar-refractivity contribution in [3.63, 3.8) is 0 Å². The Morgan fingerprint density at radius 1 is 0.973 bits per heavy atom. The van der Waals surface area contributed by atoms with Crippen molar-refractivity contribution in [1.82, 2.24) is 15.6 Å². The molecule has 3 aromatic carbocycles. The van der Waals surface area contributed by atoms with E-state index in [1.165, 1.54) is 6.92 Å². The van der Waals surface area contributed by atoms with E-state index in [2.05, 4.69) is 27.8 Å². The van der Waals surface area contributed by atoms with Crippen LogP contribution in [-0.4, -0.2) is 23.3 Å². The van der Waals surface area contributed by atoms with E-state index in [0.29, 0.717) is 23.6 Å². The highest BCUT2D eigenvalue weighted by Crippen LogP contribution is 2.24. The van der Waals surface area contributed by atoms with Crippen LogP contribution in [0.2, 0.25) is 5.02 Å². The molecule has 0 aliphatic heterocycles. The Morgan fingerprint density at radius 3 is 2.59 bits per heavy atom. The van der Waals surface area contributed by atoms with Gasteiger partial charge in [0.1, 0.15) is 0 Å². The SMILES string of the molecule is CCNC(=O)c1ccccc1C(CCc1cccc(/C=C/c2ccc3ccc(Cl)cc3n2)c1)NC(C)=O. The lowest BCUT2D eigenvalue weighted by Crippen LogP contribution is -2.30. The summed E-state index contributed by atoms with van der Waals surface area (Å²) in [5.74, 6) is -0.262. The van der Waals surface area contributed by atoms with Crippen molar-refractivity contribution in [1.29, 1.82) is 0 Å². The predicted octanol–water partition coefficient (Wildman–Crippen LogP) is 6.62. The Kier molecular flexibility index (Phi) is 8.70. The van der Waals surface area contributed by atoms with Crippen molar-refractivity contribution in [3.05, 3.63) is 112 Å². The Bertz CT molecular complexity index is 1450. The molecular weight excluding hydrogens is 482 g/mol. The highest BCUT2D eigenvalue weighted by Gasteiger charge is 2.19. The lowest BCUT2D eigenvalue weighted by atomic mass is 9.94. The normalized spacial score (nSPS) is 12.0. The average molecular weight is 512 g/mol. The van der Waals surface area contributed by atoms with Gasteiger partial charge in [-0.1, -0.05) is 72.3 Å². The largest absolute Gasteiger partial charge is 0.352 e. The Labute approximate surface area is 222 Å². The first-order valence-electron chi connectivity index (χ1n) is 12.4. The van der Waals surface area contributed by atoms with Crippen LogP contribution in [0.1, 0.15) is 59.1 Å². The standard InChI is InChI=1S/C31H30ClN3O2/c1-3-33-31(37)28-10-5-4-9-27(28)29(34-21(2)36)18-12-23-8-6-7-22(19-23)11-16-26-17-14-24-13-15-25(32)20-30(24)35-26/h4-11,13-17,19-20,29H,3,12,18H2,1-2H3,(H,33,37)(H,34,36)/b16-11+. The number of aryl methyl sites for hydroxylation is 1. The minimum Gasteiger partial charge on any atom is -0.352 e. The molecule has 2 N–H and O–H groups in total. The maximum atomic E-state index is 12.6. The number of benzene rings is 3. The third-order valence-corrected chi connectivity index (χ3v) is 6.33. The summed E-state index contributed by atoms with van der Waals surface area (Å²) in [6, 6.07) is 25.2. The molecule has 2 amide bonds. The third kappa shape index (κ3) is 7.05. The second-order valence-electron chi connectivity index (χ2n) is 8.89. The number of pyridine rings is 1. The van der Waals surface area contributed by atoms with Gasteiger partial charge >= 0.3 is 0 Å². The summed E-state index contributed by atoms with van der Waals surface area (Å²) in [6.45, 7) is 3.93. The lowest BCUT2D eigenvalue weighted by Gasteiger charge is -2.21. The van der Waals surface area contributed by atoms with Gasteiger partial charge in [0.25, 0.3) is 5.91 Å². The minimum absolute atomic E-state index is 0.128. The second-order valence-corrected chi connectivity index (χ2v) is 9.33. The number of rotatable bonds is 9. The number of hydrogen-bond donors (Lipinski definition) is 2. The van der Waals surface area contributed by atoms with Crippen molar-refractivity contribution in [2.45, 2.75) is 32.7 Å².